The Bertz CT molecular complexity index is 769. The highest BCUT2D eigenvalue weighted by atomic mass is 127. The van der Waals surface area contributed by atoms with E-state index in [2.05, 4.69) is 22.6 Å². The van der Waals surface area contributed by atoms with Gasteiger partial charge in [0.25, 0.3) is 5.91 Å². The van der Waals surface area contributed by atoms with Gasteiger partial charge >= 0.3 is 0 Å². The summed E-state index contributed by atoms with van der Waals surface area (Å²) in [5.74, 6) is 0.253. The van der Waals surface area contributed by atoms with Gasteiger partial charge in [-0.05, 0) is 52.4 Å². The van der Waals surface area contributed by atoms with Crippen LogP contribution in [0.15, 0.2) is 54.6 Å². The Morgan fingerprint density at radius 1 is 1.12 bits per heavy atom. The van der Waals surface area contributed by atoms with Crippen LogP contribution in [0.2, 0.25) is 0 Å². The molecule has 0 radical (unpaired) electrons. The largest absolute Gasteiger partial charge is 0.484 e. The van der Waals surface area contributed by atoms with Crippen molar-refractivity contribution in [2.45, 2.75) is 0 Å². The summed E-state index contributed by atoms with van der Waals surface area (Å²) in [7, 11) is 3.34. The highest BCUT2D eigenvalue weighted by molar-refractivity contribution is 14.1. The smallest absolute Gasteiger partial charge is 0.259 e. The highest BCUT2D eigenvalue weighted by Gasteiger charge is 2.07. The zero-order chi connectivity index (χ0) is 17.5. The quantitative estimate of drug-likeness (QED) is 0.396. The van der Waals surface area contributed by atoms with Crippen LogP contribution in [0.4, 0.5) is 0 Å². The lowest BCUT2D eigenvalue weighted by Crippen LogP contribution is -2.27. The lowest BCUT2D eigenvalue weighted by atomic mass is 10.1. The molecule has 0 bridgehead atoms. The molecule has 24 heavy (non-hydrogen) atoms. The van der Waals surface area contributed by atoms with Crippen LogP contribution in [0.5, 0.6) is 5.75 Å². The molecule has 124 valence electrons. The molecule has 0 fully saturated rings. The first-order chi connectivity index (χ1) is 11.5. The number of ether oxygens (including phenoxy) is 1. The second-order valence-electron chi connectivity index (χ2n) is 5.32. The standard InChI is InChI=1S/C19H18INO3/c1-21(2)19(23)13-24-16-8-5-7-15(12-16)18(22)11-10-14-6-3-4-9-17(14)20/h3-12H,13H2,1-2H3/b11-10+. The second-order valence-corrected chi connectivity index (χ2v) is 6.49. The lowest BCUT2D eigenvalue weighted by Gasteiger charge is -2.11. The summed E-state index contributed by atoms with van der Waals surface area (Å²) in [6.07, 6.45) is 3.34. The van der Waals surface area contributed by atoms with Crippen molar-refractivity contribution in [2.75, 3.05) is 20.7 Å². The summed E-state index contributed by atoms with van der Waals surface area (Å²) in [5, 5.41) is 0. The Morgan fingerprint density at radius 2 is 1.88 bits per heavy atom. The maximum atomic E-state index is 12.3. The van der Waals surface area contributed by atoms with Crippen molar-refractivity contribution < 1.29 is 14.3 Å². The number of hydrogen-bond donors (Lipinski definition) is 0. The molecule has 5 heteroatoms. The number of carbonyl (C=O) groups excluding carboxylic acids is 2. The van der Waals surface area contributed by atoms with E-state index in [1.807, 2.05) is 24.3 Å². The Labute approximate surface area is 155 Å². The second kappa shape index (κ2) is 8.63. The van der Waals surface area contributed by atoms with Crippen molar-refractivity contribution in [2.24, 2.45) is 0 Å². The van der Waals surface area contributed by atoms with Crippen LogP contribution in [0.3, 0.4) is 0 Å². The first kappa shape index (κ1) is 18.2. The molecule has 1 amide bonds. The zero-order valence-corrected chi connectivity index (χ0v) is 15.7. The fraction of sp³-hybridized carbons (Fsp3) is 0.158. The van der Waals surface area contributed by atoms with Crippen molar-refractivity contribution >= 4 is 40.4 Å². The topological polar surface area (TPSA) is 46.6 Å². The molecular formula is C19H18INO3. The van der Waals surface area contributed by atoms with Gasteiger partial charge < -0.3 is 9.64 Å². The molecule has 0 heterocycles. The SMILES string of the molecule is CN(C)C(=O)COc1cccc(C(=O)/C=C/c2ccccc2I)c1. The van der Waals surface area contributed by atoms with Crippen molar-refractivity contribution in [3.05, 3.63) is 69.3 Å². The van der Waals surface area contributed by atoms with E-state index in [4.69, 9.17) is 4.74 Å². The average molecular weight is 435 g/mol. The third kappa shape index (κ3) is 5.19. The van der Waals surface area contributed by atoms with Gasteiger partial charge in [-0.3, -0.25) is 9.59 Å². The predicted octanol–water partition coefficient (Wildman–Crippen LogP) is 3.65. The van der Waals surface area contributed by atoms with E-state index in [1.54, 1.807) is 50.5 Å². The Kier molecular flexibility index (Phi) is 6.54. The summed E-state index contributed by atoms with van der Waals surface area (Å²) in [5.41, 5.74) is 1.52. The van der Waals surface area contributed by atoms with Gasteiger partial charge in [-0.1, -0.05) is 36.4 Å². The van der Waals surface area contributed by atoms with Gasteiger partial charge in [0.1, 0.15) is 5.75 Å². The van der Waals surface area contributed by atoms with Crippen LogP contribution in [0.25, 0.3) is 6.08 Å². The fourth-order valence-corrected chi connectivity index (χ4v) is 2.45. The molecule has 0 aliphatic carbocycles. The molecule has 0 unspecified atom stereocenters. The van der Waals surface area contributed by atoms with Crippen LogP contribution < -0.4 is 4.74 Å². The van der Waals surface area contributed by atoms with Gasteiger partial charge in [0, 0.05) is 23.2 Å². The molecular weight excluding hydrogens is 417 g/mol. The Balaban J connectivity index is 2.06. The third-order valence-electron chi connectivity index (χ3n) is 3.30. The molecule has 4 nitrogen and oxygen atoms in total. The van der Waals surface area contributed by atoms with Crippen LogP contribution in [0.1, 0.15) is 15.9 Å². The summed E-state index contributed by atoms with van der Waals surface area (Å²) in [6.45, 7) is -0.0529. The van der Waals surface area contributed by atoms with Crippen LogP contribution >= 0.6 is 22.6 Å². The number of rotatable bonds is 6. The summed E-state index contributed by atoms with van der Waals surface area (Å²) in [6, 6.07) is 14.7. The fourth-order valence-electron chi connectivity index (χ4n) is 1.89. The number of ketones is 1. The van der Waals surface area contributed by atoms with Crippen LogP contribution in [-0.2, 0) is 4.79 Å². The van der Waals surface area contributed by atoms with Gasteiger partial charge in [0.2, 0.25) is 0 Å². The average Bonchev–Trinajstić information content (AvgIpc) is 2.58. The molecule has 0 spiro atoms. The molecule has 0 aliphatic heterocycles. The Morgan fingerprint density at radius 3 is 2.58 bits per heavy atom. The van der Waals surface area contributed by atoms with E-state index in [9.17, 15) is 9.59 Å². The summed E-state index contributed by atoms with van der Waals surface area (Å²) >= 11 is 2.23. The molecule has 2 aromatic rings. The number of halogens is 1. The molecule has 2 aromatic carbocycles. The van der Waals surface area contributed by atoms with Crippen molar-refractivity contribution in [3.63, 3.8) is 0 Å². The van der Waals surface area contributed by atoms with E-state index in [-0.39, 0.29) is 18.3 Å². The number of allylic oxidation sites excluding steroid dienone is 1. The highest BCUT2D eigenvalue weighted by Crippen LogP contribution is 2.16. The maximum absolute atomic E-state index is 12.3. The predicted molar refractivity (Wildman–Crippen MR) is 103 cm³/mol. The molecule has 0 aromatic heterocycles. The molecule has 0 saturated heterocycles. The molecule has 0 atom stereocenters. The first-order valence-corrected chi connectivity index (χ1v) is 8.45. The van der Waals surface area contributed by atoms with Crippen LogP contribution in [-0.4, -0.2) is 37.3 Å². The first-order valence-electron chi connectivity index (χ1n) is 7.37. The minimum absolute atomic E-state index is 0.0529. The molecule has 0 aliphatic rings. The summed E-state index contributed by atoms with van der Waals surface area (Å²) < 4.78 is 6.51. The normalized spacial score (nSPS) is 10.6. The van der Waals surface area contributed by atoms with Gasteiger partial charge in [0.15, 0.2) is 12.4 Å². The van der Waals surface area contributed by atoms with E-state index < -0.39 is 0 Å². The van der Waals surface area contributed by atoms with E-state index in [1.165, 1.54) is 4.90 Å². The van der Waals surface area contributed by atoms with Gasteiger partial charge in [0.05, 0.1) is 0 Å². The number of likely N-dealkylation sites (N-methyl/N-ethyl adjacent to an activating group) is 1. The lowest BCUT2D eigenvalue weighted by molar-refractivity contribution is -0.130. The van der Waals surface area contributed by atoms with E-state index >= 15 is 0 Å². The number of amides is 1. The number of nitrogens with zero attached hydrogens (tertiary/aromatic N) is 1. The maximum Gasteiger partial charge on any atom is 0.259 e. The van der Waals surface area contributed by atoms with Crippen LogP contribution in [0, 0.1) is 3.57 Å². The van der Waals surface area contributed by atoms with E-state index in [0.717, 1.165) is 9.13 Å². The minimum Gasteiger partial charge on any atom is -0.484 e. The van der Waals surface area contributed by atoms with E-state index in [0.29, 0.717) is 11.3 Å². The van der Waals surface area contributed by atoms with Gasteiger partial charge in [-0.15, -0.1) is 0 Å². The van der Waals surface area contributed by atoms with Gasteiger partial charge in [-0.25, -0.2) is 0 Å². The van der Waals surface area contributed by atoms with Crippen molar-refractivity contribution in [3.8, 4) is 5.75 Å². The van der Waals surface area contributed by atoms with Crippen molar-refractivity contribution in [1.29, 1.82) is 0 Å². The van der Waals surface area contributed by atoms with Gasteiger partial charge in [-0.2, -0.15) is 0 Å². The monoisotopic (exact) mass is 435 g/mol. The number of benzene rings is 2. The van der Waals surface area contributed by atoms with Crippen molar-refractivity contribution in [1.82, 2.24) is 4.90 Å². The molecule has 0 N–H and O–H groups in total. The minimum atomic E-state index is -0.134. The zero-order valence-electron chi connectivity index (χ0n) is 13.5. The Hall–Kier alpha value is -2.15. The number of hydrogen-bond acceptors (Lipinski definition) is 3. The summed E-state index contributed by atoms with van der Waals surface area (Å²) in [4.78, 5) is 25.3. The number of carbonyl (C=O) groups is 2. The molecule has 2 rings (SSSR count). The third-order valence-corrected chi connectivity index (χ3v) is 4.28. The molecule has 0 saturated carbocycles.